The normalized spacial score (nSPS) is 13.1. The molecule has 0 aromatic carbocycles. The number of anilines is 1. The summed E-state index contributed by atoms with van der Waals surface area (Å²) in [5.74, 6) is 0.0265. The van der Waals surface area contributed by atoms with Crippen LogP contribution in [0.15, 0.2) is 11.1 Å². The van der Waals surface area contributed by atoms with Crippen LogP contribution in [0, 0.1) is 0 Å². The third-order valence-corrected chi connectivity index (χ3v) is 2.29. The predicted octanol–water partition coefficient (Wildman–Crippen LogP) is -0.771. The first kappa shape index (κ1) is 11.6. The summed E-state index contributed by atoms with van der Waals surface area (Å²) in [5.41, 5.74) is 5.64. The van der Waals surface area contributed by atoms with Crippen LogP contribution < -0.4 is 11.3 Å². The van der Waals surface area contributed by atoms with E-state index in [1.807, 2.05) is 0 Å². The molecule has 8 nitrogen and oxygen atoms in total. The molecule has 0 spiro atoms. The van der Waals surface area contributed by atoms with Crippen molar-refractivity contribution in [3.8, 4) is 0 Å². The smallest absolute Gasteiger partial charge is 0.280 e. The Hall–Kier alpha value is -1.93. The Morgan fingerprint density at radius 3 is 3.18 bits per heavy atom. The number of ether oxygens (including phenoxy) is 1. The van der Waals surface area contributed by atoms with Crippen LogP contribution in [0.2, 0.25) is 0 Å². The van der Waals surface area contributed by atoms with E-state index in [-0.39, 0.29) is 36.5 Å². The number of nitrogens with two attached hydrogens (primary N) is 1. The van der Waals surface area contributed by atoms with Gasteiger partial charge in [0.2, 0.25) is 5.95 Å². The second kappa shape index (κ2) is 4.52. The molecule has 1 unspecified atom stereocenters. The van der Waals surface area contributed by atoms with E-state index in [2.05, 4.69) is 15.0 Å². The maximum atomic E-state index is 11.5. The second-order valence-electron chi connectivity index (χ2n) is 3.47. The van der Waals surface area contributed by atoms with Gasteiger partial charge >= 0.3 is 0 Å². The number of aliphatic hydroxyl groups excluding tert-OH is 1. The summed E-state index contributed by atoms with van der Waals surface area (Å²) in [6.07, 6.45) is 1.06. The summed E-state index contributed by atoms with van der Waals surface area (Å²) >= 11 is 0. The first-order chi connectivity index (χ1) is 8.13. The highest BCUT2D eigenvalue weighted by molar-refractivity contribution is 5.70. The van der Waals surface area contributed by atoms with Gasteiger partial charge in [-0.3, -0.25) is 14.3 Å². The van der Waals surface area contributed by atoms with E-state index in [0.717, 1.165) is 0 Å². The fourth-order valence-corrected chi connectivity index (χ4v) is 1.51. The van der Waals surface area contributed by atoms with Crippen LogP contribution in [0.3, 0.4) is 0 Å². The summed E-state index contributed by atoms with van der Waals surface area (Å²) in [6.45, 7) is 1.88. The van der Waals surface area contributed by atoms with E-state index in [0.29, 0.717) is 5.65 Å². The van der Waals surface area contributed by atoms with E-state index in [1.165, 1.54) is 6.33 Å². The zero-order valence-corrected chi connectivity index (χ0v) is 9.25. The van der Waals surface area contributed by atoms with E-state index >= 15 is 0 Å². The minimum atomic E-state index is -0.388. The van der Waals surface area contributed by atoms with Gasteiger partial charge < -0.3 is 15.6 Å². The van der Waals surface area contributed by atoms with Gasteiger partial charge in [-0.2, -0.15) is 4.98 Å². The summed E-state index contributed by atoms with van der Waals surface area (Å²) < 4.78 is 6.88. The average Bonchev–Trinajstić information content (AvgIpc) is 2.69. The van der Waals surface area contributed by atoms with Crippen molar-refractivity contribution >= 4 is 17.1 Å². The van der Waals surface area contributed by atoms with Gasteiger partial charge in [0.25, 0.3) is 5.56 Å². The number of fused-ring (bicyclic) bond motifs is 1. The predicted molar refractivity (Wildman–Crippen MR) is 60.3 cm³/mol. The maximum Gasteiger partial charge on any atom is 0.280 e. The zero-order valence-electron chi connectivity index (χ0n) is 9.25. The van der Waals surface area contributed by atoms with Crippen LogP contribution >= 0.6 is 0 Å². The number of hydrogen-bond acceptors (Lipinski definition) is 6. The first-order valence-electron chi connectivity index (χ1n) is 5.08. The Kier molecular flexibility index (Phi) is 3.07. The number of H-pyrrole nitrogens is 1. The molecule has 0 aliphatic heterocycles. The third-order valence-electron chi connectivity index (χ3n) is 2.29. The van der Waals surface area contributed by atoms with E-state index in [1.54, 1.807) is 11.5 Å². The number of aliphatic hydroxyl groups is 1. The summed E-state index contributed by atoms with van der Waals surface area (Å²) in [6, 6.07) is 0. The molecule has 1 atom stereocenters. The summed E-state index contributed by atoms with van der Waals surface area (Å²) in [4.78, 5) is 21.8. The van der Waals surface area contributed by atoms with Crippen molar-refractivity contribution in [2.45, 2.75) is 13.2 Å². The average molecular weight is 239 g/mol. The minimum Gasteiger partial charge on any atom is -0.394 e. The van der Waals surface area contributed by atoms with Crippen LogP contribution in [-0.2, 0) is 4.74 Å². The monoisotopic (exact) mass is 239 g/mol. The van der Waals surface area contributed by atoms with Gasteiger partial charge in [-0.25, -0.2) is 4.98 Å². The summed E-state index contributed by atoms with van der Waals surface area (Å²) in [5, 5.41) is 8.67. The molecule has 2 heterocycles. The molecule has 0 aliphatic rings. The van der Waals surface area contributed by atoms with Crippen molar-refractivity contribution in [2.24, 2.45) is 0 Å². The van der Waals surface area contributed by atoms with Gasteiger partial charge in [0.05, 0.1) is 19.5 Å². The van der Waals surface area contributed by atoms with Gasteiger partial charge in [-0.05, 0) is 6.92 Å². The lowest BCUT2D eigenvalue weighted by atomic mass is 10.5. The van der Waals surface area contributed by atoms with E-state index in [9.17, 15) is 4.79 Å². The third kappa shape index (κ3) is 2.12. The molecule has 2 rings (SSSR count). The van der Waals surface area contributed by atoms with E-state index in [4.69, 9.17) is 15.6 Å². The molecule has 0 fully saturated rings. The first-order valence-corrected chi connectivity index (χ1v) is 5.08. The molecular weight excluding hydrogens is 226 g/mol. The van der Waals surface area contributed by atoms with Crippen molar-refractivity contribution < 1.29 is 9.84 Å². The second-order valence-corrected chi connectivity index (χ2v) is 3.47. The SMILES string of the molecule is CC(OCCO)n1cnc2c(=O)[nH]c(N)nc21. The lowest BCUT2D eigenvalue weighted by molar-refractivity contribution is -0.000869. The molecule has 0 aliphatic carbocycles. The fraction of sp³-hybridized carbons (Fsp3) is 0.444. The molecule has 2 aromatic rings. The maximum absolute atomic E-state index is 11.5. The Bertz CT molecular complexity index is 576. The molecule has 0 amide bonds. The van der Waals surface area contributed by atoms with Crippen molar-refractivity contribution in [1.82, 2.24) is 19.5 Å². The van der Waals surface area contributed by atoms with Crippen LogP contribution in [-0.4, -0.2) is 37.8 Å². The van der Waals surface area contributed by atoms with Crippen molar-refractivity contribution in [3.63, 3.8) is 0 Å². The number of aromatic amines is 1. The van der Waals surface area contributed by atoms with Gasteiger partial charge in [0.15, 0.2) is 11.2 Å². The van der Waals surface area contributed by atoms with Crippen molar-refractivity contribution in [3.05, 3.63) is 16.7 Å². The molecule has 0 radical (unpaired) electrons. The van der Waals surface area contributed by atoms with E-state index < -0.39 is 0 Å². The van der Waals surface area contributed by atoms with Crippen molar-refractivity contribution in [1.29, 1.82) is 0 Å². The largest absolute Gasteiger partial charge is 0.394 e. The lowest BCUT2D eigenvalue weighted by Gasteiger charge is -2.13. The van der Waals surface area contributed by atoms with Gasteiger partial charge in [0, 0.05) is 0 Å². The highest BCUT2D eigenvalue weighted by Gasteiger charge is 2.13. The molecule has 92 valence electrons. The lowest BCUT2D eigenvalue weighted by Crippen LogP contribution is -2.15. The number of aromatic nitrogens is 4. The Labute approximate surface area is 96.1 Å². The topological polar surface area (TPSA) is 119 Å². The number of nitrogen functional groups attached to an aromatic ring is 1. The number of rotatable bonds is 4. The highest BCUT2D eigenvalue weighted by Crippen LogP contribution is 2.14. The molecule has 0 saturated carbocycles. The summed E-state index contributed by atoms with van der Waals surface area (Å²) in [7, 11) is 0. The number of nitrogens with one attached hydrogen (secondary N) is 1. The Balaban J connectivity index is 2.45. The zero-order chi connectivity index (χ0) is 12.4. The van der Waals surface area contributed by atoms with Gasteiger partial charge in [0.1, 0.15) is 6.23 Å². The Morgan fingerprint density at radius 2 is 2.47 bits per heavy atom. The standard InChI is InChI=1S/C9H13N5O3/c1-5(17-3-2-15)14-4-11-6-7(14)12-9(10)13-8(6)16/h4-5,15H,2-3H2,1H3,(H3,10,12,13,16). The molecular formula is C9H13N5O3. The quantitative estimate of drug-likeness (QED) is 0.644. The van der Waals surface area contributed by atoms with Gasteiger partial charge in [-0.1, -0.05) is 0 Å². The molecule has 17 heavy (non-hydrogen) atoms. The number of hydrogen-bond donors (Lipinski definition) is 3. The van der Waals surface area contributed by atoms with Crippen molar-refractivity contribution in [2.75, 3.05) is 18.9 Å². The molecule has 8 heteroatoms. The number of nitrogens with zero attached hydrogens (tertiary/aromatic N) is 3. The fourth-order valence-electron chi connectivity index (χ4n) is 1.51. The molecule has 0 bridgehead atoms. The number of imidazole rings is 1. The Morgan fingerprint density at radius 1 is 1.71 bits per heavy atom. The highest BCUT2D eigenvalue weighted by atomic mass is 16.5. The van der Waals surface area contributed by atoms with Crippen LogP contribution in [0.1, 0.15) is 13.2 Å². The van der Waals surface area contributed by atoms with Crippen LogP contribution in [0.25, 0.3) is 11.2 Å². The van der Waals surface area contributed by atoms with Crippen LogP contribution in [0.5, 0.6) is 0 Å². The molecule has 0 saturated heterocycles. The van der Waals surface area contributed by atoms with Gasteiger partial charge in [-0.15, -0.1) is 0 Å². The van der Waals surface area contributed by atoms with Crippen LogP contribution in [0.4, 0.5) is 5.95 Å². The molecule has 4 N–H and O–H groups in total. The molecule has 2 aromatic heterocycles. The minimum absolute atomic E-state index is 0.0265.